The van der Waals surface area contributed by atoms with Gasteiger partial charge >= 0.3 is 0 Å². The third-order valence-corrected chi connectivity index (χ3v) is 5.64. The van der Waals surface area contributed by atoms with Crippen molar-refractivity contribution < 1.29 is 12.8 Å². The molecular weight excluding hydrogens is 347 g/mol. The quantitative estimate of drug-likeness (QED) is 0.841. The van der Waals surface area contributed by atoms with Gasteiger partial charge in [0.2, 0.25) is 0 Å². The van der Waals surface area contributed by atoms with Crippen molar-refractivity contribution in [2.24, 2.45) is 0 Å². The van der Waals surface area contributed by atoms with Crippen LogP contribution >= 0.6 is 15.9 Å². The Balaban J connectivity index is 2.47. The number of aryl methyl sites for hydroxylation is 2. The van der Waals surface area contributed by atoms with Crippen LogP contribution in [0.4, 0.5) is 4.39 Å². The molecule has 2 aromatic rings. The fourth-order valence-electron chi connectivity index (χ4n) is 1.96. The molecule has 0 aliphatic carbocycles. The monoisotopic (exact) mass is 360 g/mol. The number of hydrogen-bond donors (Lipinski definition) is 0. The van der Waals surface area contributed by atoms with Gasteiger partial charge < -0.3 is 0 Å². The van der Waals surface area contributed by atoms with E-state index in [4.69, 9.17) is 0 Å². The van der Waals surface area contributed by atoms with Crippen molar-refractivity contribution in [3.63, 3.8) is 0 Å². The van der Waals surface area contributed by atoms with E-state index < -0.39 is 15.7 Å². The highest BCUT2D eigenvalue weighted by Crippen LogP contribution is 2.26. The molecule has 0 spiro atoms. The zero-order valence-corrected chi connectivity index (χ0v) is 13.5. The van der Waals surface area contributed by atoms with Crippen LogP contribution in [-0.4, -0.2) is 18.2 Å². The first-order chi connectivity index (χ1) is 9.36. The van der Waals surface area contributed by atoms with E-state index in [1.54, 1.807) is 11.6 Å². The van der Waals surface area contributed by atoms with Crippen molar-refractivity contribution in [1.29, 1.82) is 0 Å². The van der Waals surface area contributed by atoms with Gasteiger partial charge in [-0.15, -0.1) is 0 Å². The van der Waals surface area contributed by atoms with Gasteiger partial charge in [0.1, 0.15) is 10.7 Å². The normalized spacial score (nSPS) is 11.8. The summed E-state index contributed by atoms with van der Waals surface area (Å²) < 4.78 is 40.6. The summed E-state index contributed by atoms with van der Waals surface area (Å²) in [6, 6.07) is 5.39. The van der Waals surface area contributed by atoms with E-state index in [-0.39, 0.29) is 10.6 Å². The van der Waals surface area contributed by atoms with Crippen molar-refractivity contribution in [3.05, 3.63) is 45.9 Å². The zero-order chi connectivity index (χ0) is 14.9. The lowest BCUT2D eigenvalue weighted by Gasteiger charge is -2.08. The van der Waals surface area contributed by atoms with Gasteiger partial charge in [-0.05, 0) is 41.9 Å². The SMILES string of the molecule is CCn1nc(C)c(Br)c1CS(=O)(=O)c1ccccc1F. The van der Waals surface area contributed by atoms with E-state index in [1.165, 1.54) is 18.2 Å². The molecule has 2 rings (SSSR count). The van der Waals surface area contributed by atoms with Gasteiger partial charge in [-0.3, -0.25) is 4.68 Å². The molecule has 0 aliphatic heterocycles. The van der Waals surface area contributed by atoms with Crippen molar-refractivity contribution in [2.45, 2.75) is 31.0 Å². The van der Waals surface area contributed by atoms with E-state index in [1.807, 2.05) is 6.92 Å². The van der Waals surface area contributed by atoms with Crippen LogP contribution in [0.5, 0.6) is 0 Å². The average molecular weight is 361 g/mol. The molecule has 0 atom stereocenters. The fraction of sp³-hybridized carbons (Fsp3) is 0.308. The van der Waals surface area contributed by atoms with Crippen molar-refractivity contribution in [1.82, 2.24) is 9.78 Å². The van der Waals surface area contributed by atoms with Crippen LogP contribution < -0.4 is 0 Å². The summed E-state index contributed by atoms with van der Waals surface area (Å²) in [5.74, 6) is -1.02. The number of nitrogens with zero attached hydrogens (tertiary/aromatic N) is 2. The largest absolute Gasteiger partial charge is 0.267 e. The Bertz CT molecular complexity index is 741. The van der Waals surface area contributed by atoms with Crippen LogP contribution in [0.25, 0.3) is 0 Å². The molecule has 0 unspecified atom stereocenters. The third kappa shape index (κ3) is 2.78. The minimum atomic E-state index is -3.75. The molecule has 108 valence electrons. The minimum absolute atomic E-state index is 0.284. The molecule has 0 radical (unpaired) electrons. The fourth-order valence-corrected chi connectivity index (χ4v) is 4.03. The standard InChI is InChI=1S/C13H14BrFN2O2S/c1-3-17-11(13(14)9(2)16-17)8-20(18,19)12-7-5-4-6-10(12)15/h4-7H,3,8H2,1-2H3. The van der Waals surface area contributed by atoms with Crippen LogP contribution in [-0.2, 0) is 22.1 Å². The number of halogens is 2. The molecule has 0 aliphatic rings. The van der Waals surface area contributed by atoms with Crippen molar-refractivity contribution in [3.8, 4) is 0 Å². The van der Waals surface area contributed by atoms with E-state index in [2.05, 4.69) is 21.0 Å². The smallest absolute Gasteiger partial charge is 0.186 e. The molecule has 1 aromatic heterocycles. The Morgan fingerprint density at radius 1 is 1.35 bits per heavy atom. The third-order valence-electron chi connectivity index (χ3n) is 2.95. The van der Waals surface area contributed by atoms with Gasteiger partial charge in [-0.2, -0.15) is 5.10 Å². The minimum Gasteiger partial charge on any atom is -0.267 e. The molecule has 0 amide bonds. The molecule has 0 fully saturated rings. The van der Waals surface area contributed by atoms with Gasteiger partial charge in [0.25, 0.3) is 0 Å². The highest BCUT2D eigenvalue weighted by atomic mass is 79.9. The van der Waals surface area contributed by atoms with Crippen LogP contribution in [0.15, 0.2) is 33.6 Å². The summed E-state index contributed by atoms with van der Waals surface area (Å²) in [4.78, 5) is -0.284. The van der Waals surface area contributed by atoms with Gasteiger partial charge in [0, 0.05) is 6.54 Å². The first-order valence-corrected chi connectivity index (χ1v) is 8.50. The lowest BCUT2D eigenvalue weighted by atomic mass is 10.3. The molecule has 20 heavy (non-hydrogen) atoms. The molecule has 1 aromatic carbocycles. The second kappa shape index (κ2) is 5.65. The van der Waals surface area contributed by atoms with Gasteiger partial charge in [0.15, 0.2) is 9.84 Å². The number of aromatic nitrogens is 2. The van der Waals surface area contributed by atoms with E-state index >= 15 is 0 Å². The molecule has 0 saturated heterocycles. The topological polar surface area (TPSA) is 52.0 Å². The van der Waals surface area contributed by atoms with Gasteiger partial charge in [0.05, 0.1) is 21.6 Å². The highest BCUT2D eigenvalue weighted by molar-refractivity contribution is 9.10. The number of sulfone groups is 1. The lowest BCUT2D eigenvalue weighted by Crippen LogP contribution is -2.12. The number of benzene rings is 1. The Morgan fingerprint density at radius 3 is 2.60 bits per heavy atom. The maximum absolute atomic E-state index is 13.7. The summed E-state index contributed by atoms with van der Waals surface area (Å²) in [5, 5.41) is 4.24. The molecule has 1 heterocycles. The predicted molar refractivity (Wildman–Crippen MR) is 77.6 cm³/mol. The van der Waals surface area contributed by atoms with Gasteiger partial charge in [-0.25, -0.2) is 12.8 Å². The number of hydrogen-bond acceptors (Lipinski definition) is 3. The van der Waals surface area contributed by atoms with Crippen molar-refractivity contribution in [2.75, 3.05) is 0 Å². The summed E-state index contributed by atoms with van der Waals surface area (Å²) >= 11 is 3.34. The Hall–Kier alpha value is -1.21. The van der Waals surface area contributed by atoms with Crippen LogP contribution in [0, 0.1) is 12.7 Å². The molecule has 4 nitrogen and oxygen atoms in total. The van der Waals surface area contributed by atoms with E-state index in [0.717, 1.165) is 6.07 Å². The lowest BCUT2D eigenvalue weighted by molar-refractivity contribution is 0.562. The van der Waals surface area contributed by atoms with E-state index in [9.17, 15) is 12.8 Å². The summed E-state index contributed by atoms with van der Waals surface area (Å²) in [6.45, 7) is 4.21. The van der Waals surface area contributed by atoms with Crippen LogP contribution in [0.3, 0.4) is 0 Å². The van der Waals surface area contributed by atoms with Crippen LogP contribution in [0.1, 0.15) is 18.3 Å². The Kier molecular flexibility index (Phi) is 4.29. The predicted octanol–water partition coefficient (Wildman–Crippen LogP) is 3.09. The average Bonchev–Trinajstić information content (AvgIpc) is 2.66. The molecular formula is C13H14BrFN2O2S. The maximum Gasteiger partial charge on any atom is 0.186 e. The second-order valence-corrected chi connectivity index (χ2v) is 7.10. The summed E-state index contributed by atoms with van der Waals surface area (Å²) in [6.07, 6.45) is 0. The maximum atomic E-state index is 13.7. The molecule has 0 saturated carbocycles. The second-order valence-electron chi connectivity index (χ2n) is 4.35. The molecule has 0 bridgehead atoms. The summed E-state index contributed by atoms with van der Waals surface area (Å²) in [5.41, 5.74) is 1.25. The first kappa shape index (κ1) is 15.2. The van der Waals surface area contributed by atoms with Crippen molar-refractivity contribution >= 4 is 25.8 Å². The van der Waals surface area contributed by atoms with E-state index in [0.29, 0.717) is 22.4 Å². The zero-order valence-electron chi connectivity index (χ0n) is 11.1. The Labute approximate surface area is 125 Å². The molecule has 0 N–H and O–H groups in total. The highest BCUT2D eigenvalue weighted by Gasteiger charge is 2.24. The first-order valence-electron chi connectivity index (χ1n) is 6.06. The van der Waals surface area contributed by atoms with Gasteiger partial charge in [-0.1, -0.05) is 12.1 Å². The Morgan fingerprint density at radius 2 is 2.00 bits per heavy atom. The van der Waals surface area contributed by atoms with Crippen LogP contribution in [0.2, 0.25) is 0 Å². The number of rotatable bonds is 4. The summed E-state index contributed by atoms with van der Waals surface area (Å²) in [7, 11) is -3.75. The molecule has 7 heteroatoms.